The van der Waals surface area contributed by atoms with Crippen LogP contribution in [0.15, 0.2) is 0 Å². The molecular formula is C12H26N2O. The van der Waals surface area contributed by atoms with Crippen LogP contribution in [0.2, 0.25) is 0 Å². The van der Waals surface area contributed by atoms with Gasteiger partial charge in [-0.05, 0) is 52.4 Å². The van der Waals surface area contributed by atoms with Crippen LogP contribution >= 0.6 is 0 Å². The quantitative estimate of drug-likeness (QED) is 0.650. The van der Waals surface area contributed by atoms with E-state index in [4.69, 9.17) is 4.74 Å². The van der Waals surface area contributed by atoms with Gasteiger partial charge >= 0.3 is 0 Å². The standard InChI is InChI=1S/C12H26N2O/c1-13-8-4-3-5-9-14-10-6-7-12(11-14)15-2/h12-13H,3-11H2,1-2H3. The molecule has 90 valence electrons. The van der Waals surface area contributed by atoms with Crippen molar-refractivity contribution in [3.05, 3.63) is 0 Å². The molecule has 3 heteroatoms. The highest BCUT2D eigenvalue weighted by atomic mass is 16.5. The number of hydrogen-bond acceptors (Lipinski definition) is 3. The molecule has 15 heavy (non-hydrogen) atoms. The lowest BCUT2D eigenvalue weighted by molar-refractivity contribution is 0.0309. The molecule has 1 unspecified atom stereocenters. The zero-order valence-electron chi connectivity index (χ0n) is 10.3. The second-order valence-corrected chi connectivity index (χ2v) is 4.46. The Bertz CT molecular complexity index is 153. The molecule has 0 aromatic rings. The SMILES string of the molecule is CNCCCCCN1CCCC(OC)C1. The Balaban J connectivity index is 2.00. The first-order chi connectivity index (χ1) is 7.36. The first-order valence-electron chi connectivity index (χ1n) is 6.26. The van der Waals surface area contributed by atoms with E-state index in [1.165, 1.54) is 45.2 Å². The van der Waals surface area contributed by atoms with Crippen molar-refractivity contribution >= 4 is 0 Å². The molecular weight excluding hydrogens is 188 g/mol. The maximum Gasteiger partial charge on any atom is 0.0698 e. The zero-order valence-corrected chi connectivity index (χ0v) is 10.3. The third-order valence-corrected chi connectivity index (χ3v) is 3.20. The molecule has 1 rings (SSSR count). The Morgan fingerprint density at radius 2 is 2.20 bits per heavy atom. The van der Waals surface area contributed by atoms with E-state index < -0.39 is 0 Å². The summed E-state index contributed by atoms with van der Waals surface area (Å²) < 4.78 is 5.41. The highest BCUT2D eigenvalue weighted by Gasteiger charge is 2.18. The lowest BCUT2D eigenvalue weighted by atomic mass is 10.1. The summed E-state index contributed by atoms with van der Waals surface area (Å²) in [5.41, 5.74) is 0. The highest BCUT2D eigenvalue weighted by Crippen LogP contribution is 2.13. The maximum absolute atomic E-state index is 5.41. The van der Waals surface area contributed by atoms with Gasteiger partial charge < -0.3 is 15.0 Å². The number of hydrogen-bond donors (Lipinski definition) is 1. The summed E-state index contributed by atoms with van der Waals surface area (Å²) in [5, 5.41) is 3.19. The van der Waals surface area contributed by atoms with Crippen LogP contribution in [0.3, 0.4) is 0 Å². The van der Waals surface area contributed by atoms with Gasteiger partial charge in [-0.2, -0.15) is 0 Å². The molecule has 1 atom stereocenters. The molecule has 0 aromatic heterocycles. The summed E-state index contributed by atoms with van der Waals surface area (Å²) in [5.74, 6) is 0. The summed E-state index contributed by atoms with van der Waals surface area (Å²) in [6.45, 7) is 4.82. The predicted molar refractivity (Wildman–Crippen MR) is 64.2 cm³/mol. The molecule has 0 radical (unpaired) electrons. The van der Waals surface area contributed by atoms with Crippen LogP contribution in [-0.2, 0) is 4.74 Å². The minimum absolute atomic E-state index is 0.482. The lowest BCUT2D eigenvalue weighted by Crippen LogP contribution is -2.39. The van der Waals surface area contributed by atoms with Gasteiger partial charge in [-0.3, -0.25) is 0 Å². The fourth-order valence-electron chi connectivity index (χ4n) is 2.22. The summed E-state index contributed by atoms with van der Waals surface area (Å²) in [6, 6.07) is 0. The fourth-order valence-corrected chi connectivity index (χ4v) is 2.22. The van der Waals surface area contributed by atoms with E-state index in [1.54, 1.807) is 0 Å². The van der Waals surface area contributed by atoms with Crippen molar-refractivity contribution in [3.8, 4) is 0 Å². The van der Waals surface area contributed by atoms with Crippen molar-refractivity contribution < 1.29 is 4.74 Å². The average molecular weight is 214 g/mol. The second-order valence-electron chi connectivity index (χ2n) is 4.46. The van der Waals surface area contributed by atoms with Crippen LogP contribution in [0.5, 0.6) is 0 Å². The number of rotatable bonds is 7. The van der Waals surface area contributed by atoms with Crippen LogP contribution in [0, 0.1) is 0 Å². The number of piperidine rings is 1. The number of ether oxygens (including phenoxy) is 1. The number of likely N-dealkylation sites (tertiary alicyclic amines) is 1. The molecule has 0 spiro atoms. The molecule has 1 fully saturated rings. The Hall–Kier alpha value is -0.120. The van der Waals surface area contributed by atoms with Crippen molar-refractivity contribution in [2.45, 2.75) is 38.2 Å². The molecule has 0 saturated carbocycles. The van der Waals surface area contributed by atoms with E-state index in [1.807, 2.05) is 14.2 Å². The number of unbranched alkanes of at least 4 members (excludes halogenated alkanes) is 2. The number of methoxy groups -OCH3 is 1. The molecule has 0 aromatic carbocycles. The van der Waals surface area contributed by atoms with E-state index in [-0.39, 0.29) is 0 Å². The summed E-state index contributed by atoms with van der Waals surface area (Å²) in [6.07, 6.45) is 7.00. The molecule has 0 aliphatic carbocycles. The maximum atomic E-state index is 5.41. The first kappa shape index (κ1) is 12.9. The fraction of sp³-hybridized carbons (Fsp3) is 1.00. The van der Waals surface area contributed by atoms with Crippen LogP contribution in [-0.4, -0.2) is 51.3 Å². The third kappa shape index (κ3) is 5.50. The monoisotopic (exact) mass is 214 g/mol. The Morgan fingerprint density at radius 3 is 2.93 bits per heavy atom. The largest absolute Gasteiger partial charge is 0.380 e. The first-order valence-corrected chi connectivity index (χ1v) is 6.26. The number of nitrogens with one attached hydrogen (secondary N) is 1. The van der Waals surface area contributed by atoms with Gasteiger partial charge in [0.1, 0.15) is 0 Å². The van der Waals surface area contributed by atoms with Gasteiger partial charge in [0.25, 0.3) is 0 Å². The van der Waals surface area contributed by atoms with E-state index >= 15 is 0 Å². The molecule has 0 amide bonds. The average Bonchev–Trinajstić information content (AvgIpc) is 2.29. The van der Waals surface area contributed by atoms with E-state index in [0.717, 1.165) is 13.1 Å². The molecule has 1 aliphatic heterocycles. The topological polar surface area (TPSA) is 24.5 Å². The smallest absolute Gasteiger partial charge is 0.0698 e. The van der Waals surface area contributed by atoms with Crippen molar-refractivity contribution in [2.24, 2.45) is 0 Å². The molecule has 1 saturated heterocycles. The van der Waals surface area contributed by atoms with Gasteiger partial charge in [-0.25, -0.2) is 0 Å². The van der Waals surface area contributed by atoms with Gasteiger partial charge in [0.05, 0.1) is 6.10 Å². The molecule has 1 heterocycles. The van der Waals surface area contributed by atoms with E-state index in [9.17, 15) is 0 Å². The van der Waals surface area contributed by atoms with Gasteiger partial charge in [0, 0.05) is 13.7 Å². The van der Waals surface area contributed by atoms with Gasteiger partial charge in [0.2, 0.25) is 0 Å². The minimum Gasteiger partial charge on any atom is -0.380 e. The lowest BCUT2D eigenvalue weighted by Gasteiger charge is -2.31. The van der Waals surface area contributed by atoms with Crippen molar-refractivity contribution in [2.75, 3.05) is 40.3 Å². The summed E-state index contributed by atoms with van der Waals surface area (Å²) >= 11 is 0. The second kappa shape index (κ2) is 8.08. The van der Waals surface area contributed by atoms with Crippen LogP contribution in [0.1, 0.15) is 32.1 Å². The minimum atomic E-state index is 0.482. The van der Waals surface area contributed by atoms with Gasteiger partial charge in [-0.1, -0.05) is 6.42 Å². The van der Waals surface area contributed by atoms with Crippen LogP contribution in [0.4, 0.5) is 0 Å². The normalized spacial score (nSPS) is 23.2. The van der Waals surface area contributed by atoms with Gasteiger partial charge in [-0.15, -0.1) is 0 Å². The predicted octanol–water partition coefficient (Wildman–Crippen LogP) is 1.49. The molecule has 1 aliphatic rings. The summed E-state index contributed by atoms with van der Waals surface area (Å²) in [7, 11) is 3.86. The Morgan fingerprint density at radius 1 is 1.33 bits per heavy atom. The van der Waals surface area contributed by atoms with Crippen molar-refractivity contribution in [1.29, 1.82) is 0 Å². The molecule has 0 bridgehead atoms. The van der Waals surface area contributed by atoms with Crippen molar-refractivity contribution in [1.82, 2.24) is 10.2 Å². The number of nitrogens with zero attached hydrogens (tertiary/aromatic N) is 1. The van der Waals surface area contributed by atoms with E-state index in [0.29, 0.717) is 6.10 Å². The van der Waals surface area contributed by atoms with Gasteiger partial charge in [0.15, 0.2) is 0 Å². The highest BCUT2D eigenvalue weighted by molar-refractivity contribution is 4.72. The third-order valence-electron chi connectivity index (χ3n) is 3.20. The zero-order chi connectivity index (χ0) is 10.9. The van der Waals surface area contributed by atoms with Crippen LogP contribution < -0.4 is 5.32 Å². The Labute approximate surface area is 94.2 Å². The summed E-state index contributed by atoms with van der Waals surface area (Å²) in [4.78, 5) is 2.55. The van der Waals surface area contributed by atoms with Crippen molar-refractivity contribution in [3.63, 3.8) is 0 Å². The van der Waals surface area contributed by atoms with Crippen LogP contribution in [0.25, 0.3) is 0 Å². The molecule has 1 N–H and O–H groups in total. The molecule has 3 nitrogen and oxygen atoms in total. The Kier molecular flexibility index (Phi) is 6.98. The van der Waals surface area contributed by atoms with E-state index in [2.05, 4.69) is 10.2 Å².